The standard InChI is InChI=1S/C18H23NO5/c1-13-8-9-15-14(11-13)16(12-18(21)24-15)23-10-6-4-2-3-5-7-17(20)19-22/h8-9,11-12,22H,2-7,10H2,1H3,(H,19,20). The van der Waals surface area contributed by atoms with Gasteiger partial charge in [-0.3, -0.25) is 10.0 Å². The van der Waals surface area contributed by atoms with Crippen LogP contribution in [-0.2, 0) is 4.79 Å². The molecule has 0 saturated heterocycles. The fourth-order valence-corrected chi connectivity index (χ4v) is 2.52. The number of aryl methyl sites for hydroxylation is 1. The molecule has 24 heavy (non-hydrogen) atoms. The molecule has 0 aliphatic carbocycles. The largest absolute Gasteiger partial charge is 0.493 e. The van der Waals surface area contributed by atoms with E-state index in [1.807, 2.05) is 19.1 Å². The molecule has 0 radical (unpaired) electrons. The van der Waals surface area contributed by atoms with Crippen molar-refractivity contribution in [2.24, 2.45) is 0 Å². The van der Waals surface area contributed by atoms with Crippen LogP contribution in [0.1, 0.15) is 44.1 Å². The lowest BCUT2D eigenvalue weighted by Gasteiger charge is -2.09. The van der Waals surface area contributed by atoms with Crippen LogP contribution in [0.15, 0.2) is 33.5 Å². The van der Waals surface area contributed by atoms with E-state index in [1.54, 1.807) is 11.5 Å². The van der Waals surface area contributed by atoms with E-state index in [0.717, 1.165) is 43.1 Å². The number of fused-ring (bicyclic) bond motifs is 1. The third-order valence-corrected chi connectivity index (χ3v) is 3.79. The van der Waals surface area contributed by atoms with Crippen LogP contribution >= 0.6 is 0 Å². The molecule has 1 heterocycles. The number of hydroxylamine groups is 1. The Balaban J connectivity index is 1.77. The van der Waals surface area contributed by atoms with Crippen molar-refractivity contribution < 1.29 is 19.2 Å². The molecular formula is C18H23NO5. The van der Waals surface area contributed by atoms with Crippen LogP contribution in [0.5, 0.6) is 5.75 Å². The van der Waals surface area contributed by atoms with Crippen molar-refractivity contribution >= 4 is 16.9 Å². The maximum absolute atomic E-state index is 11.6. The second kappa shape index (κ2) is 9.08. The second-order valence-corrected chi connectivity index (χ2v) is 5.83. The molecule has 1 aromatic heterocycles. The quantitative estimate of drug-likeness (QED) is 0.318. The predicted molar refractivity (Wildman–Crippen MR) is 90.3 cm³/mol. The molecule has 1 aromatic carbocycles. The van der Waals surface area contributed by atoms with Gasteiger partial charge in [-0.15, -0.1) is 0 Å². The van der Waals surface area contributed by atoms with E-state index in [-0.39, 0.29) is 5.91 Å². The molecule has 0 spiro atoms. The monoisotopic (exact) mass is 333 g/mol. The van der Waals surface area contributed by atoms with Crippen LogP contribution in [0.4, 0.5) is 0 Å². The highest BCUT2D eigenvalue weighted by atomic mass is 16.5. The number of hydrogen-bond donors (Lipinski definition) is 2. The lowest BCUT2D eigenvalue weighted by Crippen LogP contribution is -2.17. The first-order chi connectivity index (χ1) is 11.6. The summed E-state index contributed by atoms with van der Waals surface area (Å²) in [5.74, 6) is 0.216. The van der Waals surface area contributed by atoms with Gasteiger partial charge in [0.25, 0.3) is 0 Å². The van der Waals surface area contributed by atoms with E-state index in [2.05, 4.69) is 0 Å². The Labute approximate surface area is 140 Å². The Hall–Kier alpha value is -2.34. The van der Waals surface area contributed by atoms with Gasteiger partial charge in [0.05, 0.1) is 18.1 Å². The number of unbranched alkanes of at least 4 members (excludes halogenated alkanes) is 4. The first-order valence-electron chi connectivity index (χ1n) is 8.20. The minimum atomic E-state index is -0.413. The van der Waals surface area contributed by atoms with Crippen LogP contribution < -0.4 is 15.8 Å². The van der Waals surface area contributed by atoms with Crippen LogP contribution in [0.2, 0.25) is 0 Å². The molecule has 2 N–H and O–H groups in total. The summed E-state index contributed by atoms with van der Waals surface area (Å²) in [6.45, 7) is 2.51. The van der Waals surface area contributed by atoms with Gasteiger partial charge in [0.2, 0.25) is 5.91 Å². The van der Waals surface area contributed by atoms with Crippen molar-refractivity contribution in [3.05, 3.63) is 40.2 Å². The number of carbonyl (C=O) groups is 1. The lowest BCUT2D eigenvalue weighted by atomic mass is 10.1. The predicted octanol–water partition coefficient (Wildman–Crippen LogP) is 3.33. The minimum Gasteiger partial charge on any atom is -0.493 e. The van der Waals surface area contributed by atoms with Gasteiger partial charge in [-0.2, -0.15) is 0 Å². The zero-order chi connectivity index (χ0) is 17.4. The van der Waals surface area contributed by atoms with Crippen molar-refractivity contribution in [3.63, 3.8) is 0 Å². The Morgan fingerprint density at radius 2 is 1.92 bits per heavy atom. The van der Waals surface area contributed by atoms with E-state index in [0.29, 0.717) is 24.4 Å². The van der Waals surface area contributed by atoms with Crippen LogP contribution in [0.25, 0.3) is 11.0 Å². The SMILES string of the molecule is Cc1ccc2oc(=O)cc(OCCCCCCCC(=O)NO)c2c1. The number of ether oxygens (including phenoxy) is 1. The maximum atomic E-state index is 11.6. The molecule has 2 aromatic rings. The van der Waals surface area contributed by atoms with Gasteiger partial charge < -0.3 is 9.15 Å². The highest BCUT2D eigenvalue weighted by Crippen LogP contribution is 2.25. The van der Waals surface area contributed by atoms with E-state index < -0.39 is 5.63 Å². The van der Waals surface area contributed by atoms with Crippen LogP contribution in [-0.4, -0.2) is 17.7 Å². The van der Waals surface area contributed by atoms with Gasteiger partial charge in [0.1, 0.15) is 11.3 Å². The third-order valence-electron chi connectivity index (χ3n) is 3.79. The Kier molecular flexibility index (Phi) is 6.81. The van der Waals surface area contributed by atoms with Crippen molar-refractivity contribution in [2.75, 3.05) is 6.61 Å². The number of benzene rings is 1. The average molecular weight is 333 g/mol. The first-order valence-corrected chi connectivity index (χ1v) is 8.20. The first kappa shape index (κ1) is 18.0. The summed E-state index contributed by atoms with van der Waals surface area (Å²) < 4.78 is 10.9. The molecule has 130 valence electrons. The summed E-state index contributed by atoms with van der Waals surface area (Å²) in [5, 5.41) is 9.19. The number of nitrogens with one attached hydrogen (secondary N) is 1. The molecule has 0 unspecified atom stereocenters. The fraction of sp³-hybridized carbons (Fsp3) is 0.444. The zero-order valence-corrected chi connectivity index (χ0v) is 13.8. The number of amides is 1. The van der Waals surface area contributed by atoms with Gasteiger partial charge in [-0.1, -0.05) is 30.9 Å². The van der Waals surface area contributed by atoms with E-state index in [9.17, 15) is 9.59 Å². The summed E-state index contributed by atoms with van der Waals surface area (Å²) in [4.78, 5) is 22.4. The second-order valence-electron chi connectivity index (χ2n) is 5.83. The van der Waals surface area contributed by atoms with E-state index >= 15 is 0 Å². The molecular weight excluding hydrogens is 310 g/mol. The summed E-state index contributed by atoms with van der Waals surface area (Å²) in [6.07, 6.45) is 4.90. The van der Waals surface area contributed by atoms with Crippen molar-refractivity contribution in [2.45, 2.75) is 45.4 Å². The zero-order valence-electron chi connectivity index (χ0n) is 13.8. The highest BCUT2D eigenvalue weighted by Gasteiger charge is 2.07. The normalized spacial score (nSPS) is 10.8. The molecule has 0 atom stereocenters. The fourth-order valence-electron chi connectivity index (χ4n) is 2.52. The van der Waals surface area contributed by atoms with Gasteiger partial charge in [0.15, 0.2) is 0 Å². The molecule has 0 aliphatic rings. The maximum Gasteiger partial charge on any atom is 0.339 e. The number of carbonyl (C=O) groups excluding carboxylic acids is 1. The Morgan fingerprint density at radius 1 is 1.17 bits per heavy atom. The molecule has 0 fully saturated rings. The summed E-state index contributed by atoms with van der Waals surface area (Å²) in [7, 11) is 0. The summed E-state index contributed by atoms with van der Waals surface area (Å²) in [6, 6.07) is 7.00. The van der Waals surface area contributed by atoms with Crippen LogP contribution in [0, 0.1) is 6.92 Å². The van der Waals surface area contributed by atoms with E-state index in [1.165, 1.54) is 6.07 Å². The van der Waals surface area contributed by atoms with E-state index in [4.69, 9.17) is 14.4 Å². The third kappa shape index (κ3) is 5.38. The molecule has 6 nitrogen and oxygen atoms in total. The molecule has 0 aliphatic heterocycles. The highest BCUT2D eigenvalue weighted by molar-refractivity contribution is 5.83. The summed E-state index contributed by atoms with van der Waals surface area (Å²) >= 11 is 0. The van der Waals surface area contributed by atoms with Crippen molar-refractivity contribution in [1.29, 1.82) is 0 Å². The van der Waals surface area contributed by atoms with Crippen molar-refractivity contribution in [3.8, 4) is 5.75 Å². The van der Waals surface area contributed by atoms with Gasteiger partial charge in [-0.25, -0.2) is 10.3 Å². The smallest absolute Gasteiger partial charge is 0.339 e. The molecule has 2 rings (SSSR count). The van der Waals surface area contributed by atoms with Gasteiger partial charge in [0, 0.05) is 6.42 Å². The molecule has 0 bridgehead atoms. The van der Waals surface area contributed by atoms with Gasteiger partial charge in [-0.05, 0) is 31.9 Å². The molecule has 6 heteroatoms. The summed E-state index contributed by atoms with van der Waals surface area (Å²) in [5.41, 5.74) is 2.82. The molecule has 1 amide bonds. The number of rotatable bonds is 9. The molecule has 0 saturated carbocycles. The lowest BCUT2D eigenvalue weighted by molar-refractivity contribution is -0.129. The number of hydrogen-bond acceptors (Lipinski definition) is 5. The Morgan fingerprint density at radius 3 is 2.71 bits per heavy atom. The minimum absolute atomic E-state index is 0.344. The Bertz CT molecular complexity index is 738. The topological polar surface area (TPSA) is 88.8 Å². The van der Waals surface area contributed by atoms with Crippen molar-refractivity contribution in [1.82, 2.24) is 5.48 Å². The van der Waals surface area contributed by atoms with Gasteiger partial charge >= 0.3 is 5.63 Å². The average Bonchev–Trinajstić information content (AvgIpc) is 2.57. The van der Waals surface area contributed by atoms with Crippen LogP contribution in [0.3, 0.4) is 0 Å².